The standard InChI is InChI=1S/C10H6O4/c11-10-9-8(12-5-13-9)6-3-1-2-4-7(6)14-10/h1-4H,5H2. The highest BCUT2D eigenvalue weighted by atomic mass is 16.7. The fourth-order valence-electron chi connectivity index (χ4n) is 1.52. The summed E-state index contributed by atoms with van der Waals surface area (Å²) in [6.07, 6.45) is 0. The van der Waals surface area contributed by atoms with Gasteiger partial charge in [0.25, 0.3) is 5.75 Å². The first-order valence-electron chi connectivity index (χ1n) is 4.18. The summed E-state index contributed by atoms with van der Waals surface area (Å²) in [4.78, 5) is 11.4. The molecular weight excluding hydrogens is 184 g/mol. The maximum atomic E-state index is 11.4. The van der Waals surface area contributed by atoms with Crippen molar-refractivity contribution in [2.24, 2.45) is 0 Å². The first-order chi connectivity index (χ1) is 6.86. The van der Waals surface area contributed by atoms with E-state index in [0.717, 1.165) is 5.39 Å². The topological polar surface area (TPSA) is 48.7 Å². The van der Waals surface area contributed by atoms with Crippen LogP contribution in [0.25, 0.3) is 11.0 Å². The molecule has 0 N–H and O–H groups in total. The quantitative estimate of drug-likeness (QED) is 0.591. The lowest BCUT2D eigenvalue weighted by Crippen LogP contribution is -2.01. The number of hydrogen-bond donors (Lipinski definition) is 0. The smallest absolute Gasteiger partial charge is 0.383 e. The molecule has 0 aliphatic carbocycles. The van der Waals surface area contributed by atoms with Gasteiger partial charge in [-0.25, -0.2) is 4.79 Å². The predicted molar refractivity (Wildman–Crippen MR) is 48.6 cm³/mol. The van der Waals surface area contributed by atoms with Crippen LogP contribution in [0.4, 0.5) is 0 Å². The molecule has 0 unspecified atom stereocenters. The lowest BCUT2D eigenvalue weighted by atomic mass is 10.2. The summed E-state index contributed by atoms with van der Waals surface area (Å²) in [5.41, 5.74) is 0.0259. The molecule has 0 fully saturated rings. The zero-order valence-electron chi connectivity index (χ0n) is 7.15. The summed E-state index contributed by atoms with van der Waals surface area (Å²) in [7, 11) is 0. The van der Waals surface area contributed by atoms with Crippen molar-refractivity contribution in [2.45, 2.75) is 0 Å². The Kier molecular flexibility index (Phi) is 1.33. The molecule has 0 atom stereocenters. The Morgan fingerprint density at radius 1 is 1.07 bits per heavy atom. The van der Waals surface area contributed by atoms with Gasteiger partial charge in [-0.3, -0.25) is 0 Å². The van der Waals surface area contributed by atoms with Gasteiger partial charge in [0, 0.05) is 0 Å². The van der Waals surface area contributed by atoms with Crippen LogP contribution in [0.15, 0.2) is 33.5 Å². The lowest BCUT2D eigenvalue weighted by Gasteiger charge is -1.99. The Hall–Kier alpha value is -1.97. The Morgan fingerprint density at radius 3 is 2.79 bits per heavy atom. The van der Waals surface area contributed by atoms with E-state index in [1.165, 1.54) is 0 Å². The van der Waals surface area contributed by atoms with E-state index in [0.29, 0.717) is 11.3 Å². The molecule has 1 aromatic heterocycles. The van der Waals surface area contributed by atoms with Crippen LogP contribution in [0.1, 0.15) is 0 Å². The molecule has 1 aliphatic heterocycles. The fraction of sp³-hybridized carbons (Fsp3) is 0.100. The second kappa shape index (κ2) is 2.51. The van der Waals surface area contributed by atoms with Crippen molar-refractivity contribution in [3.8, 4) is 11.5 Å². The summed E-state index contributed by atoms with van der Waals surface area (Å²) in [5.74, 6) is 0.653. The molecular formula is C10H6O4. The number of benzene rings is 1. The molecule has 4 heteroatoms. The molecule has 2 heterocycles. The van der Waals surface area contributed by atoms with Gasteiger partial charge in [-0.15, -0.1) is 0 Å². The fourth-order valence-corrected chi connectivity index (χ4v) is 1.52. The van der Waals surface area contributed by atoms with Crippen LogP contribution in [0.2, 0.25) is 0 Å². The van der Waals surface area contributed by atoms with Gasteiger partial charge in [0.1, 0.15) is 5.58 Å². The highest BCUT2D eigenvalue weighted by Gasteiger charge is 2.22. The van der Waals surface area contributed by atoms with Gasteiger partial charge in [-0.2, -0.15) is 0 Å². The van der Waals surface area contributed by atoms with Gasteiger partial charge in [0.05, 0.1) is 5.39 Å². The summed E-state index contributed by atoms with van der Waals surface area (Å²) >= 11 is 0. The first-order valence-corrected chi connectivity index (χ1v) is 4.18. The first kappa shape index (κ1) is 7.44. The predicted octanol–water partition coefficient (Wildman–Crippen LogP) is 1.52. The van der Waals surface area contributed by atoms with Crippen molar-refractivity contribution in [2.75, 3.05) is 6.79 Å². The van der Waals surface area contributed by atoms with E-state index < -0.39 is 5.63 Å². The molecule has 0 amide bonds. The van der Waals surface area contributed by atoms with Gasteiger partial charge >= 0.3 is 5.63 Å². The third kappa shape index (κ3) is 0.849. The Bertz CT molecular complexity index is 556. The molecule has 4 nitrogen and oxygen atoms in total. The van der Waals surface area contributed by atoms with Crippen LogP contribution >= 0.6 is 0 Å². The van der Waals surface area contributed by atoms with Crippen molar-refractivity contribution in [3.63, 3.8) is 0 Å². The highest BCUT2D eigenvalue weighted by Crippen LogP contribution is 2.35. The minimum absolute atomic E-state index is 0.0775. The van der Waals surface area contributed by atoms with Crippen LogP contribution in [-0.2, 0) is 0 Å². The van der Waals surface area contributed by atoms with Gasteiger partial charge in [-0.1, -0.05) is 12.1 Å². The van der Waals surface area contributed by atoms with Crippen molar-refractivity contribution >= 4 is 11.0 Å². The Labute approximate surface area is 78.7 Å². The van der Waals surface area contributed by atoms with Crippen LogP contribution in [0, 0.1) is 0 Å². The normalized spacial score (nSPS) is 13.4. The third-order valence-electron chi connectivity index (χ3n) is 2.13. The van der Waals surface area contributed by atoms with Gasteiger partial charge < -0.3 is 13.9 Å². The highest BCUT2D eigenvalue weighted by molar-refractivity contribution is 5.85. The van der Waals surface area contributed by atoms with Gasteiger partial charge in [-0.05, 0) is 12.1 Å². The molecule has 1 aliphatic rings. The average Bonchev–Trinajstić information content (AvgIpc) is 2.67. The summed E-state index contributed by atoms with van der Waals surface area (Å²) < 4.78 is 15.3. The zero-order chi connectivity index (χ0) is 9.54. The maximum absolute atomic E-state index is 11.4. The van der Waals surface area contributed by atoms with Crippen LogP contribution in [-0.4, -0.2) is 6.79 Å². The van der Waals surface area contributed by atoms with Crippen molar-refractivity contribution in [1.29, 1.82) is 0 Å². The van der Waals surface area contributed by atoms with Crippen molar-refractivity contribution < 1.29 is 13.9 Å². The zero-order valence-corrected chi connectivity index (χ0v) is 7.15. The van der Waals surface area contributed by atoms with E-state index in [2.05, 4.69) is 0 Å². The summed E-state index contributed by atoms with van der Waals surface area (Å²) in [6.45, 7) is 0.0775. The Morgan fingerprint density at radius 2 is 1.86 bits per heavy atom. The largest absolute Gasteiger partial charge is 0.453 e. The molecule has 0 saturated heterocycles. The molecule has 1 aromatic carbocycles. The number of para-hydroxylation sites is 1. The SMILES string of the molecule is O=c1oc2ccccc2c2c1OCO2. The second-order valence-corrected chi connectivity index (χ2v) is 2.95. The van der Waals surface area contributed by atoms with Crippen LogP contribution in [0.5, 0.6) is 11.5 Å². The van der Waals surface area contributed by atoms with E-state index >= 15 is 0 Å². The van der Waals surface area contributed by atoms with Crippen LogP contribution < -0.4 is 15.1 Å². The molecule has 0 bridgehead atoms. The number of rotatable bonds is 0. The summed E-state index contributed by atoms with van der Waals surface area (Å²) in [6, 6.07) is 7.20. The van der Waals surface area contributed by atoms with Crippen LogP contribution in [0.3, 0.4) is 0 Å². The molecule has 3 rings (SSSR count). The van der Waals surface area contributed by atoms with E-state index in [4.69, 9.17) is 13.9 Å². The molecule has 0 saturated carbocycles. The third-order valence-corrected chi connectivity index (χ3v) is 2.13. The number of ether oxygens (including phenoxy) is 2. The second-order valence-electron chi connectivity index (χ2n) is 2.95. The van der Waals surface area contributed by atoms with Crippen molar-refractivity contribution in [3.05, 3.63) is 34.7 Å². The lowest BCUT2D eigenvalue weighted by molar-refractivity contribution is 0.172. The molecule has 0 radical (unpaired) electrons. The maximum Gasteiger partial charge on any atom is 0.383 e. The summed E-state index contributed by atoms with van der Waals surface area (Å²) in [5, 5.41) is 0.764. The Balaban J connectivity index is 2.52. The van der Waals surface area contributed by atoms with Crippen molar-refractivity contribution in [1.82, 2.24) is 0 Å². The average molecular weight is 190 g/mol. The minimum atomic E-state index is -0.490. The van der Waals surface area contributed by atoms with E-state index in [9.17, 15) is 4.79 Å². The molecule has 0 spiro atoms. The van der Waals surface area contributed by atoms with E-state index in [-0.39, 0.29) is 12.5 Å². The molecule has 2 aromatic rings. The monoisotopic (exact) mass is 190 g/mol. The van der Waals surface area contributed by atoms with E-state index in [1.807, 2.05) is 12.1 Å². The number of hydrogen-bond acceptors (Lipinski definition) is 4. The number of fused-ring (bicyclic) bond motifs is 3. The van der Waals surface area contributed by atoms with Gasteiger partial charge in [0.2, 0.25) is 6.79 Å². The molecule has 70 valence electrons. The van der Waals surface area contributed by atoms with Gasteiger partial charge in [0.15, 0.2) is 5.75 Å². The minimum Gasteiger partial charge on any atom is -0.453 e. The van der Waals surface area contributed by atoms with E-state index in [1.54, 1.807) is 12.1 Å². The molecule has 14 heavy (non-hydrogen) atoms.